The fourth-order valence-corrected chi connectivity index (χ4v) is 2.72. The monoisotopic (exact) mass is 290 g/mol. The molecule has 84 valence electrons. The van der Waals surface area contributed by atoms with Crippen LogP contribution in [0, 0.1) is 5.82 Å². The number of rotatable bonds is 6. The molecule has 0 saturated carbocycles. The van der Waals surface area contributed by atoms with Gasteiger partial charge in [-0.2, -0.15) is 11.8 Å². The molecule has 1 rings (SSSR count). The number of halogens is 2. The van der Waals surface area contributed by atoms with Crippen LogP contribution in [0.3, 0.4) is 0 Å². The maximum absolute atomic E-state index is 13.5. The molecule has 0 fully saturated rings. The van der Waals surface area contributed by atoms with Crippen LogP contribution in [-0.4, -0.2) is 17.3 Å². The molecule has 0 nitrogen and oxygen atoms in total. The van der Waals surface area contributed by atoms with Crippen molar-refractivity contribution in [1.29, 1.82) is 0 Å². The van der Waals surface area contributed by atoms with Crippen LogP contribution in [0.1, 0.15) is 24.3 Å². The second kappa shape index (κ2) is 7.29. The Hall–Kier alpha value is -0.0200. The predicted molar refractivity (Wildman–Crippen MR) is 70.6 cm³/mol. The summed E-state index contributed by atoms with van der Waals surface area (Å²) in [5.41, 5.74) is 0.843. The van der Waals surface area contributed by atoms with Gasteiger partial charge in [0.15, 0.2) is 0 Å². The van der Waals surface area contributed by atoms with Crippen LogP contribution in [0.4, 0.5) is 4.39 Å². The first kappa shape index (κ1) is 13.0. The maximum Gasteiger partial charge on any atom is 0.126 e. The smallest absolute Gasteiger partial charge is 0.126 e. The van der Waals surface area contributed by atoms with E-state index in [1.54, 1.807) is 12.1 Å². The molecule has 0 saturated heterocycles. The topological polar surface area (TPSA) is 0 Å². The van der Waals surface area contributed by atoms with Gasteiger partial charge in [0.05, 0.1) is 0 Å². The third kappa shape index (κ3) is 4.15. The van der Waals surface area contributed by atoms with Gasteiger partial charge < -0.3 is 0 Å². The Bertz CT molecular complexity index is 291. The molecule has 0 aliphatic heterocycles. The second-order valence-electron chi connectivity index (χ2n) is 3.51. The molecule has 1 aromatic rings. The molecule has 0 heterocycles. The molecule has 1 aromatic carbocycles. The third-order valence-corrected chi connectivity index (χ3v) is 3.91. The van der Waals surface area contributed by atoms with Gasteiger partial charge in [-0.15, -0.1) is 0 Å². The van der Waals surface area contributed by atoms with E-state index in [2.05, 4.69) is 22.2 Å². The van der Waals surface area contributed by atoms with Gasteiger partial charge in [-0.25, -0.2) is 4.39 Å². The van der Waals surface area contributed by atoms with Gasteiger partial charge in [0.25, 0.3) is 0 Å². The average Bonchev–Trinajstić information content (AvgIpc) is 2.26. The Morgan fingerprint density at radius 2 is 2.13 bits per heavy atom. The summed E-state index contributed by atoms with van der Waals surface area (Å²) in [6.45, 7) is 0. The highest BCUT2D eigenvalue weighted by molar-refractivity contribution is 9.09. The van der Waals surface area contributed by atoms with E-state index in [-0.39, 0.29) is 5.82 Å². The fourth-order valence-electron chi connectivity index (χ4n) is 1.60. The lowest BCUT2D eigenvalue weighted by atomic mass is 9.96. The summed E-state index contributed by atoms with van der Waals surface area (Å²) in [4.78, 5) is 0. The molecule has 3 heteroatoms. The summed E-state index contributed by atoms with van der Waals surface area (Å²) >= 11 is 5.31. The van der Waals surface area contributed by atoms with E-state index < -0.39 is 0 Å². The van der Waals surface area contributed by atoms with Crippen molar-refractivity contribution >= 4 is 27.7 Å². The van der Waals surface area contributed by atoms with E-state index in [4.69, 9.17) is 0 Å². The van der Waals surface area contributed by atoms with E-state index in [9.17, 15) is 4.39 Å². The van der Waals surface area contributed by atoms with Crippen LogP contribution in [0.2, 0.25) is 0 Å². The minimum atomic E-state index is -0.0777. The lowest BCUT2D eigenvalue weighted by Gasteiger charge is -2.14. The molecule has 0 bridgehead atoms. The molecule has 0 aromatic heterocycles. The second-order valence-corrected chi connectivity index (χ2v) is 5.14. The average molecular weight is 291 g/mol. The highest BCUT2D eigenvalue weighted by atomic mass is 79.9. The lowest BCUT2D eigenvalue weighted by Crippen LogP contribution is -2.03. The maximum atomic E-state index is 13.5. The van der Waals surface area contributed by atoms with Gasteiger partial charge >= 0.3 is 0 Å². The van der Waals surface area contributed by atoms with Gasteiger partial charge in [-0.05, 0) is 42.4 Å². The molecule has 15 heavy (non-hydrogen) atoms. The first-order chi connectivity index (χ1) is 7.29. The van der Waals surface area contributed by atoms with Crippen molar-refractivity contribution in [3.05, 3.63) is 35.6 Å². The Balaban J connectivity index is 2.61. The quantitative estimate of drug-likeness (QED) is 0.551. The molecule has 0 N–H and O–H groups in total. The highest BCUT2D eigenvalue weighted by Crippen LogP contribution is 2.26. The van der Waals surface area contributed by atoms with Gasteiger partial charge in [0.2, 0.25) is 0 Å². The van der Waals surface area contributed by atoms with Crippen LogP contribution in [0.25, 0.3) is 0 Å². The van der Waals surface area contributed by atoms with E-state index >= 15 is 0 Å². The van der Waals surface area contributed by atoms with Crippen molar-refractivity contribution in [1.82, 2.24) is 0 Å². The van der Waals surface area contributed by atoms with Crippen molar-refractivity contribution in [3.8, 4) is 0 Å². The van der Waals surface area contributed by atoms with Crippen LogP contribution < -0.4 is 0 Å². The van der Waals surface area contributed by atoms with Crippen molar-refractivity contribution in [2.75, 3.05) is 17.3 Å². The summed E-state index contributed by atoms with van der Waals surface area (Å²) in [5, 5.41) is 0.836. The summed E-state index contributed by atoms with van der Waals surface area (Å²) in [6.07, 6.45) is 4.30. The molecule has 0 spiro atoms. The van der Waals surface area contributed by atoms with Crippen molar-refractivity contribution in [3.63, 3.8) is 0 Å². The Labute approximate surface area is 104 Å². The molecule has 0 amide bonds. The largest absolute Gasteiger partial charge is 0.207 e. The summed E-state index contributed by atoms with van der Waals surface area (Å²) in [6, 6.07) is 7.08. The summed E-state index contributed by atoms with van der Waals surface area (Å²) in [7, 11) is 0. The highest BCUT2D eigenvalue weighted by Gasteiger charge is 2.13. The number of hydrogen-bond acceptors (Lipinski definition) is 1. The summed E-state index contributed by atoms with van der Waals surface area (Å²) in [5.74, 6) is 1.38. The first-order valence-corrected chi connectivity index (χ1v) is 7.60. The van der Waals surface area contributed by atoms with Crippen LogP contribution in [0.5, 0.6) is 0 Å². The lowest BCUT2D eigenvalue weighted by molar-refractivity contribution is 0.576. The molecule has 1 atom stereocenters. The van der Waals surface area contributed by atoms with Gasteiger partial charge in [0, 0.05) is 5.33 Å². The van der Waals surface area contributed by atoms with Gasteiger partial charge in [0.1, 0.15) is 5.82 Å². The Morgan fingerprint density at radius 1 is 1.40 bits per heavy atom. The molecule has 0 aliphatic carbocycles. The molecule has 0 radical (unpaired) electrons. The van der Waals surface area contributed by atoms with Crippen LogP contribution >= 0.6 is 27.7 Å². The molecule has 0 aliphatic rings. The fraction of sp³-hybridized carbons (Fsp3) is 0.500. The minimum Gasteiger partial charge on any atom is -0.207 e. The van der Waals surface area contributed by atoms with E-state index in [0.29, 0.717) is 5.92 Å². The zero-order valence-corrected chi connectivity index (χ0v) is 11.3. The van der Waals surface area contributed by atoms with Crippen LogP contribution in [0.15, 0.2) is 24.3 Å². The Morgan fingerprint density at radius 3 is 2.73 bits per heavy atom. The van der Waals surface area contributed by atoms with Crippen molar-refractivity contribution < 1.29 is 4.39 Å². The van der Waals surface area contributed by atoms with E-state index in [0.717, 1.165) is 29.5 Å². The Kier molecular flexibility index (Phi) is 6.34. The number of thioether (sulfide) groups is 1. The standard InChI is InChI=1S/C12H16BrFS/c1-15-8-4-5-10(9-13)11-6-2-3-7-12(11)14/h2-3,6-7,10H,4-5,8-9H2,1H3. The van der Waals surface area contributed by atoms with Crippen molar-refractivity contribution in [2.24, 2.45) is 0 Å². The van der Waals surface area contributed by atoms with E-state index in [1.165, 1.54) is 0 Å². The normalized spacial score (nSPS) is 12.7. The molecular formula is C12H16BrFS. The van der Waals surface area contributed by atoms with Crippen LogP contribution in [-0.2, 0) is 0 Å². The predicted octanol–water partition coefficient (Wildman–Crippen LogP) is 4.45. The molecular weight excluding hydrogens is 275 g/mol. The number of benzene rings is 1. The van der Waals surface area contributed by atoms with Crippen molar-refractivity contribution in [2.45, 2.75) is 18.8 Å². The van der Waals surface area contributed by atoms with Gasteiger partial charge in [-0.3, -0.25) is 0 Å². The molecule has 1 unspecified atom stereocenters. The SMILES string of the molecule is CSCCCC(CBr)c1ccccc1F. The zero-order valence-electron chi connectivity index (χ0n) is 8.88. The number of alkyl halides is 1. The van der Waals surface area contributed by atoms with Gasteiger partial charge in [-0.1, -0.05) is 34.1 Å². The summed E-state index contributed by atoms with van der Waals surface area (Å²) < 4.78 is 13.5. The number of hydrogen-bond donors (Lipinski definition) is 0. The third-order valence-electron chi connectivity index (χ3n) is 2.43. The zero-order chi connectivity index (χ0) is 11.1. The minimum absolute atomic E-state index is 0.0777. The first-order valence-electron chi connectivity index (χ1n) is 5.09. The van der Waals surface area contributed by atoms with E-state index in [1.807, 2.05) is 23.9 Å².